The Bertz CT molecular complexity index is 669. The van der Waals surface area contributed by atoms with Crippen LogP contribution in [0.4, 0.5) is 11.5 Å². The number of ether oxygens (including phenoxy) is 1. The van der Waals surface area contributed by atoms with Gasteiger partial charge in [0.1, 0.15) is 0 Å². The lowest BCUT2D eigenvalue weighted by Crippen LogP contribution is -2.18. The standard InChI is InChI=1S/C15H17N3O2S/c1-20-15(19)10-5-7-17-14(13(10)16)18-11-3-2-4-12-9(11)6-8-21-12/h5-8,11H,2-4,16H2,1H3,(H,17,18). The largest absolute Gasteiger partial charge is 0.465 e. The van der Waals surface area contributed by atoms with Crippen molar-refractivity contribution in [2.24, 2.45) is 0 Å². The van der Waals surface area contributed by atoms with Crippen molar-refractivity contribution >= 4 is 28.8 Å². The van der Waals surface area contributed by atoms with Crippen LogP contribution in [-0.2, 0) is 11.2 Å². The van der Waals surface area contributed by atoms with Gasteiger partial charge in [-0.25, -0.2) is 9.78 Å². The third-order valence-corrected chi connectivity index (χ3v) is 4.75. The van der Waals surface area contributed by atoms with Gasteiger partial charge in [-0.3, -0.25) is 0 Å². The van der Waals surface area contributed by atoms with E-state index in [1.54, 1.807) is 23.6 Å². The summed E-state index contributed by atoms with van der Waals surface area (Å²) in [5, 5.41) is 5.49. The minimum atomic E-state index is -0.446. The molecule has 1 unspecified atom stereocenters. The van der Waals surface area contributed by atoms with Gasteiger partial charge < -0.3 is 15.8 Å². The Hall–Kier alpha value is -2.08. The Morgan fingerprint density at radius 3 is 3.19 bits per heavy atom. The van der Waals surface area contributed by atoms with Crippen LogP contribution in [0.2, 0.25) is 0 Å². The summed E-state index contributed by atoms with van der Waals surface area (Å²) < 4.78 is 4.73. The van der Waals surface area contributed by atoms with Gasteiger partial charge in [0, 0.05) is 11.1 Å². The number of nitrogens with two attached hydrogens (primary N) is 1. The molecule has 0 spiro atoms. The minimum absolute atomic E-state index is 0.197. The molecule has 0 aromatic carbocycles. The predicted octanol–water partition coefficient (Wildman–Crippen LogP) is 3.00. The minimum Gasteiger partial charge on any atom is -0.465 e. The van der Waals surface area contributed by atoms with E-state index in [4.69, 9.17) is 10.5 Å². The summed E-state index contributed by atoms with van der Waals surface area (Å²) in [7, 11) is 1.34. The number of anilines is 2. The van der Waals surface area contributed by atoms with Crippen molar-refractivity contribution in [2.75, 3.05) is 18.2 Å². The Labute approximate surface area is 127 Å². The van der Waals surface area contributed by atoms with Gasteiger partial charge in [0.2, 0.25) is 0 Å². The fourth-order valence-electron chi connectivity index (χ4n) is 2.68. The van der Waals surface area contributed by atoms with E-state index in [0.29, 0.717) is 17.1 Å². The number of fused-ring (bicyclic) bond motifs is 1. The lowest BCUT2D eigenvalue weighted by Gasteiger charge is -2.25. The summed E-state index contributed by atoms with van der Waals surface area (Å²) in [5.41, 5.74) is 8.05. The van der Waals surface area contributed by atoms with Gasteiger partial charge in [0.15, 0.2) is 5.82 Å². The van der Waals surface area contributed by atoms with Gasteiger partial charge in [-0.15, -0.1) is 11.3 Å². The summed E-state index contributed by atoms with van der Waals surface area (Å²) >= 11 is 1.79. The highest BCUT2D eigenvalue weighted by Crippen LogP contribution is 2.36. The molecule has 21 heavy (non-hydrogen) atoms. The molecule has 1 atom stereocenters. The van der Waals surface area contributed by atoms with Gasteiger partial charge >= 0.3 is 5.97 Å². The van der Waals surface area contributed by atoms with E-state index in [2.05, 4.69) is 21.7 Å². The predicted molar refractivity (Wildman–Crippen MR) is 83.6 cm³/mol. The molecule has 1 aliphatic rings. The van der Waals surface area contributed by atoms with Crippen molar-refractivity contribution in [1.29, 1.82) is 0 Å². The van der Waals surface area contributed by atoms with E-state index in [1.807, 2.05) is 0 Å². The third-order valence-electron chi connectivity index (χ3n) is 3.76. The SMILES string of the molecule is COC(=O)c1ccnc(NC2CCCc3sccc32)c1N. The number of aromatic nitrogens is 1. The van der Waals surface area contributed by atoms with Gasteiger partial charge in [-0.05, 0) is 42.3 Å². The maximum Gasteiger partial charge on any atom is 0.340 e. The summed E-state index contributed by atoms with van der Waals surface area (Å²) in [6, 6.07) is 3.92. The molecule has 2 heterocycles. The first-order chi connectivity index (χ1) is 10.2. The van der Waals surface area contributed by atoms with E-state index in [1.165, 1.54) is 17.6 Å². The molecule has 0 fully saturated rings. The summed E-state index contributed by atoms with van der Waals surface area (Å²) in [4.78, 5) is 17.4. The van der Waals surface area contributed by atoms with Crippen LogP contribution in [0.5, 0.6) is 0 Å². The zero-order chi connectivity index (χ0) is 14.8. The number of thiophene rings is 1. The van der Waals surface area contributed by atoms with Crippen molar-refractivity contribution in [3.63, 3.8) is 0 Å². The number of aryl methyl sites for hydroxylation is 1. The van der Waals surface area contributed by atoms with Crippen LogP contribution in [0.3, 0.4) is 0 Å². The second-order valence-electron chi connectivity index (χ2n) is 5.00. The molecule has 110 valence electrons. The maximum absolute atomic E-state index is 11.7. The van der Waals surface area contributed by atoms with Gasteiger partial charge in [0.05, 0.1) is 24.4 Å². The number of carbonyl (C=O) groups is 1. The van der Waals surface area contributed by atoms with Gasteiger partial charge in [0.25, 0.3) is 0 Å². The number of hydrogen-bond donors (Lipinski definition) is 2. The Balaban J connectivity index is 1.88. The quantitative estimate of drug-likeness (QED) is 0.852. The van der Waals surface area contributed by atoms with E-state index in [-0.39, 0.29) is 6.04 Å². The first kappa shape index (κ1) is 13.9. The van der Waals surface area contributed by atoms with Crippen LogP contribution in [0.15, 0.2) is 23.7 Å². The molecular formula is C15H17N3O2S. The Morgan fingerprint density at radius 2 is 2.38 bits per heavy atom. The number of hydrogen-bond acceptors (Lipinski definition) is 6. The maximum atomic E-state index is 11.7. The van der Waals surface area contributed by atoms with Crippen molar-refractivity contribution in [1.82, 2.24) is 4.98 Å². The number of carbonyl (C=O) groups excluding carboxylic acids is 1. The average Bonchev–Trinajstić information content (AvgIpc) is 2.98. The number of nitrogens with zero attached hydrogens (tertiary/aromatic N) is 1. The van der Waals surface area contributed by atoms with Crippen LogP contribution in [0, 0.1) is 0 Å². The van der Waals surface area contributed by atoms with E-state index in [9.17, 15) is 4.79 Å². The molecule has 0 bridgehead atoms. The molecule has 2 aromatic rings. The van der Waals surface area contributed by atoms with Crippen molar-refractivity contribution in [2.45, 2.75) is 25.3 Å². The topological polar surface area (TPSA) is 77.2 Å². The molecular weight excluding hydrogens is 286 g/mol. The molecule has 6 heteroatoms. The second kappa shape index (κ2) is 5.73. The van der Waals surface area contributed by atoms with Gasteiger partial charge in [-0.1, -0.05) is 0 Å². The van der Waals surface area contributed by atoms with E-state index >= 15 is 0 Å². The fourth-order valence-corrected chi connectivity index (χ4v) is 3.67. The molecule has 0 amide bonds. The summed E-state index contributed by atoms with van der Waals surface area (Å²) in [5.74, 6) is 0.0970. The molecule has 0 saturated heterocycles. The Morgan fingerprint density at radius 1 is 1.52 bits per heavy atom. The van der Waals surface area contributed by atoms with Crippen LogP contribution >= 0.6 is 11.3 Å². The molecule has 3 N–H and O–H groups in total. The molecule has 3 rings (SSSR count). The molecule has 0 radical (unpaired) electrons. The zero-order valence-electron chi connectivity index (χ0n) is 11.8. The van der Waals surface area contributed by atoms with Crippen LogP contribution in [0.25, 0.3) is 0 Å². The molecule has 0 saturated carbocycles. The number of methoxy groups -OCH3 is 1. The molecule has 0 aliphatic heterocycles. The molecule has 5 nitrogen and oxygen atoms in total. The lowest BCUT2D eigenvalue weighted by atomic mass is 9.94. The highest BCUT2D eigenvalue weighted by atomic mass is 32.1. The number of pyridine rings is 1. The van der Waals surface area contributed by atoms with Crippen LogP contribution < -0.4 is 11.1 Å². The van der Waals surface area contributed by atoms with Crippen molar-refractivity contribution in [3.8, 4) is 0 Å². The highest BCUT2D eigenvalue weighted by Gasteiger charge is 2.23. The first-order valence-corrected chi connectivity index (χ1v) is 7.74. The fraction of sp³-hybridized carbons (Fsp3) is 0.333. The van der Waals surface area contributed by atoms with Crippen LogP contribution in [0.1, 0.15) is 39.7 Å². The zero-order valence-corrected chi connectivity index (χ0v) is 12.6. The van der Waals surface area contributed by atoms with Crippen LogP contribution in [-0.4, -0.2) is 18.1 Å². The number of nitrogen functional groups attached to an aromatic ring is 1. The second-order valence-corrected chi connectivity index (χ2v) is 6.00. The smallest absolute Gasteiger partial charge is 0.340 e. The third kappa shape index (κ3) is 2.58. The molecule has 1 aliphatic carbocycles. The number of esters is 1. The van der Waals surface area contributed by atoms with E-state index in [0.717, 1.165) is 19.3 Å². The first-order valence-electron chi connectivity index (χ1n) is 6.86. The average molecular weight is 303 g/mol. The molecule has 2 aromatic heterocycles. The Kier molecular flexibility index (Phi) is 3.79. The lowest BCUT2D eigenvalue weighted by molar-refractivity contribution is 0.0602. The summed E-state index contributed by atoms with van der Waals surface area (Å²) in [6.07, 6.45) is 4.88. The van der Waals surface area contributed by atoms with Crippen molar-refractivity contribution in [3.05, 3.63) is 39.7 Å². The number of nitrogens with one attached hydrogen (secondary N) is 1. The normalized spacial score (nSPS) is 17.1. The highest BCUT2D eigenvalue weighted by molar-refractivity contribution is 7.10. The van der Waals surface area contributed by atoms with Crippen molar-refractivity contribution < 1.29 is 9.53 Å². The monoisotopic (exact) mass is 303 g/mol. The van der Waals surface area contributed by atoms with E-state index < -0.39 is 5.97 Å². The summed E-state index contributed by atoms with van der Waals surface area (Å²) in [6.45, 7) is 0. The van der Waals surface area contributed by atoms with Gasteiger partial charge in [-0.2, -0.15) is 0 Å². The number of rotatable bonds is 3.